The third-order valence-electron chi connectivity index (χ3n) is 1.24. The average molecular weight is 141 g/mol. The Labute approximate surface area is 68.4 Å². The maximum absolute atomic E-state index is 5.42. The average Bonchev–Trinajstić information content (AvgIpc) is 1.89. The van der Waals surface area contributed by atoms with Crippen molar-refractivity contribution in [1.29, 1.82) is 0 Å². The maximum Gasteiger partial charge on any atom is 0.565 e. The second-order valence-corrected chi connectivity index (χ2v) is 3.84. The molecule has 0 aromatic heterocycles. The summed E-state index contributed by atoms with van der Waals surface area (Å²) < 4.78 is 6.80. The Morgan fingerprint density at radius 2 is 2.00 bits per heavy atom. The van der Waals surface area contributed by atoms with Gasteiger partial charge in [0.2, 0.25) is 0 Å². The standard InChI is InChI=1S/C4H9.C3H7O.Mg/c1-3-4-2;1-2-3-4;/h1,3-4H2,2H3;2-3H2,1H3;/q;-1;+1. The van der Waals surface area contributed by atoms with Crippen LogP contribution < -0.4 is 0 Å². The summed E-state index contributed by atoms with van der Waals surface area (Å²) in [5, 5.41) is 0. The van der Waals surface area contributed by atoms with Crippen molar-refractivity contribution >= 4 is 20.8 Å². The molecule has 0 unspecified atom stereocenters. The van der Waals surface area contributed by atoms with Crippen LogP contribution in [0.15, 0.2) is 0 Å². The molecule has 0 aromatic carbocycles. The second kappa shape index (κ2) is 8.73. The molecule has 0 aliphatic rings. The van der Waals surface area contributed by atoms with Crippen LogP contribution in [0.5, 0.6) is 0 Å². The van der Waals surface area contributed by atoms with Crippen molar-refractivity contribution in [2.75, 3.05) is 6.61 Å². The number of unbranched alkanes of at least 4 members (excludes halogenated alkanes) is 1. The molecule has 0 saturated heterocycles. The summed E-state index contributed by atoms with van der Waals surface area (Å²) in [5.74, 6) is 0. The molecule has 0 heterocycles. The normalized spacial score (nSPS) is 9.11. The van der Waals surface area contributed by atoms with Crippen LogP contribution in [0.1, 0.15) is 33.1 Å². The lowest BCUT2D eigenvalue weighted by atomic mass is 10.4. The maximum atomic E-state index is 5.42. The van der Waals surface area contributed by atoms with Gasteiger partial charge in [0.15, 0.2) is 0 Å². The van der Waals surface area contributed by atoms with Gasteiger partial charge in [0.1, 0.15) is 0 Å². The quantitative estimate of drug-likeness (QED) is 0.406. The van der Waals surface area contributed by atoms with Crippen LogP contribution in [0.25, 0.3) is 0 Å². The first-order chi connectivity index (χ1) is 4.41. The van der Waals surface area contributed by atoms with Gasteiger partial charge in [-0.2, -0.15) is 0 Å². The first-order valence-corrected chi connectivity index (χ1v) is 5.57. The lowest BCUT2D eigenvalue weighted by Gasteiger charge is -1.98. The fourth-order valence-corrected chi connectivity index (χ4v) is 2.10. The molecule has 2 heteroatoms. The molecule has 1 nitrogen and oxygen atoms in total. The zero-order valence-corrected chi connectivity index (χ0v) is 8.07. The summed E-state index contributed by atoms with van der Waals surface area (Å²) >= 11 is -0.111. The Hall–Kier alpha value is 0.726. The van der Waals surface area contributed by atoms with Gasteiger partial charge in [0.05, 0.1) is 0 Å². The molecular formula is C7H16MgO. The molecule has 0 rings (SSSR count). The second-order valence-electron chi connectivity index (χ2n) is 2.32. The Bertz CT molecular complexity index is 42.2. The van der Waals surface area contributed by atoms with Crippen LogP contribution in [0.2, 0.25) is 4.55 Å². The lowest BCUT2D eigenvalue weighted by molar-refractivity contribution is 0.334. The topological polar surface area (TPSA) is 9.23 Å². The van der Waals surface area contributed by atoms with Crippen LogP contribution in [0, 0.1) is 0 Å². The minimum atomic E-state index is -0.111. The zero-order valence-electron chi connectivity index (χ0n) is 6.65. The van der Waals surface area contributed by atoms with E-state index in [1.165, 1.54) is 23.8 Å². The van der Waals surface area contributed by atoms with Crippen LogP contribution in [0.4, 0.5) is 0 Å². The fraction of sp³-hybridized carbons (Fsp3) is 1.00. The van der Waals surface area contributed by atoms with E-state index in [9.17, 15) is 0 Å². The van der Waals surface area contributed by atoms with Gasteiger partial charge in [0.25, 0.3) is 0 Å². The van der Waals surface area contributed by atoms with Crippen LogP contribution in [0.3, 0.4) is 0 Å². The molecule has 0 aliphatic heterocycles. The summed E-state index contributed by atoms with van der Waals surface area (Å²) in [6.07, 6.45) is 3.87. The molecule has 9 heavy (non-hydrogen) atoms. The van der Waals surface area contributed by atoms with E-state index in [2.05, 4.69) is 13.8 Å². The van der Waals surface area contributed by atoms with Gasteiger partial charge in [-0.25, -0.2) is 0 Å². The zero-order chi connectivity index (χ0) is 6.95. The van der Waals surface area contributed by atoms with Crippen molar-refractivity contribution in [2.45, 2.75) is 37.7 Å². The van der Waals surface area contributed by atoms with Crippen LogP contribution in [-0.4, -0.2) is 27.4 Å². The highest BCUT2D eigenvalue weighted by Gasteiger charge is 1.94. The van der Waals surface area contributed by atoms with Gasteiger partial charge < -0.3 is 3.17 Å². The summed E-state index contributed by atoms with van der Waals surface area (Å²) in [4.78, 5) is 0. The molecule has 0 spiro atoms. The van der Waals surface area contributed by atoms with E-state index in [1.54, 1.807) is 0 Å². The summed E-state index contributed by atoms with van der Waals surface area (Å²) in [5.41, 5.74) is 0. The number of hydrogen-bond acceptors (Lipinski definition) is 1. The largest absolute Gasteiger partial charge is 0.565 e. The van der Waals surface area contributed by atoms with E-state index >= 15 is 0 Å². The van der Waals surface area contributed by atoms with E-state index in [4.69, 9.17) is 3.17 Å². The smallest absolute Gasteiger partial charge is 0.565 e. The van der Waals surface area contributed by atoms with Crippen LogP contribution in [-0.2, 0) is 3.17 Å². The van der Waals surface area contributed by atoms with Gasteiger partial charge in [-0.15, -0.1) is 4.55 Å². The lowest BCUT2D eigenvalue weighted by Crippen LogP contribution is -1.98. The molecule has 0 saturated carbocycles. The van der Waals surface area contributed by atoms with Crippen molar-refractivity contribution in [1.82, 2.24) is 0 Å². The van der Waals surface area contributed by atoms with Crippen molar-refractivity contribution in [3.05, 3.63) is 0 Å². The molecule has 0 bridgehead atoms. The highest BCUT2D eigenvalue weighted by atomic mass is 24.5. The molecule has 0 radical (unpaired) electrons. The summed E-state index contributed by atoms with van der Waals surface area (Å²) in [6.45, 7) is 5.39. The third kappa shape index (κ3) is 8.73. The highest BCUT2D eigenvalue weighted by molar-refractivity contribution is 6.26. The van der Waals surface area contributed by atoms with Crippen molar-refractivity contribution in [3.63, 3.8) is 0 Å². The summed E-state index contributed by atoms with van der Waals surface area (Å²) in [6, 6.07) is 0. The van der Waals surface area contributed by atoms with Gasteiger partial charge >= 0.3 is 20.8 Å². The number of rotatable bonds is 6. The van der Waals surface area contributed by atoms with E-state index in [0.717, 1.165) is 6.61 Å². The Balaban J connectivity index is 2.60. The molecule has 0 fully saturated rings. The monoisotopic (exact) mass is 140 g/mol. The molecule has 0 N–H and O–H groups in total. The van der Waals surface area contributed by atoms with E-state index < -0.39 is 0 Å². The molecule has 0 amide bonds. The van der Waals surface area contributed by atoms with Crippen molar-refractivity contribution in [2.24, 2.45) is 0 Å². The van der Waals surface area contributed by atoms with Crippen molar-refractivity contribution < 1.29 is 3.17 Å². The molecule has 0 aliphatic carbocycles. The minimum Gasteiger partial charge on any atom is -0.565 e. The predicted octanol–water partition coefficient (Wildman–Crippen LogP) is 2.25. The Kier molecular flexibility index (Phi) is 9.43. The molecule has 52 valence electrons. The van der Waals surface area contributed by atoms with Gasteiger partial charge in [-0.1, -0.05) is 26.7 Å². The summed E-state index contributed by atoms with van der Waals surface area (Å²) in [7, 11) is 0. The first-order valence-electron chi connectivity index (χ1n) is 3.99. The number of hydrogen-bond donors (Lipinski definition) is 0. The van der Waals surface area contributed by atoms with Gasteiger partial charge in [0, 0.05) is 6.61 Å². The first kappa shape index (κ1) is 9.73. The third-order valence-corrected chi connectivity index (χ3v) is 2.61. The van der Waals surface area contributed by atoms with E-state index in [0.29, 0.717) is 0 Å². The van der Waals surface area contributed by atoms with Gasteiger partial charge in [-0.05, 0) is 6.42 Å². The SMILES string of the molecule is CCC[CH2][Mg][O]CCC. The minimum absolute atomic E-state index is 0.111. The molecule has 0 atom stereocenters. The van der Waals surface area contributed by atoms with Gasteiger partial charge in [-0.3, -0.25) is 0 Å². The van der Waals surface area contributed by atoms with E-state index in [1.807, 2.05) is 0 Å². The Morgan fingerprint density at radius 1 is 1.22 bits per heavy atom. The van der Waals surface area contributed by atoms with Crippen molar-refractivity contribution in [3.8, 4) is 0 Å². The van der Waals surface area contributed by atoms with Crippen LogP contribution >= 0.6 is 0 Å². The molecular weight excluding hydrogens is 124 g/mol. The highest BCUT2D eigenvalue weighted by Crippen LogP contribution is 1.93. The fourth-order valence-electron chi connectivity index (χ4n) is 0.701. The Morgan fingerprint density at radius 3 is 2.56 bits per heavy atom. The van der Waals surface area contributed by atoms with E-state index in [-0.39, 0.29) is 20.8 Å². The molecule has 0 aromatic rings. The predicted molar refractivity (Wildman–Crippen MR) is 41.7 cm³/mol.